The Bertz CT molecular complexity index is 753. The van der Waals surface area contributed by atoms with E-state index in [1.807, 2.05) is 0 Å². The van der Waals surface area contributed by atoms with E-state index in [0.717, 1.165) is 23.5 Å². The van der Waals surface area contributed by atoms with Gasteiger partial charge in [0.25, 0.3) is 5.91 Å². The number of esters is 1. The average Bonchev–Trinajstić information content (AvgIpc) is 2.86. The third-order valence-corrected chi connectivity index (χ3v) is 4.01. The number of amides is 1. The van der Waals surface area contributed by atoms with Crippen molar-refractivity contribution in [1.29, 1.82) is 0 Å². The molecule has 1 heterocycles. The summed E-state index contributed by atoms with van der Waals surface area (Å²) in [5.41, 5.74) is 1.10. The third-order valence-electron chi connectivity index (χ3n) is 2.93. The fourth-order valence-electron chi connectivity index (χ4n) is 1.84. The molecule has 5 nitrogen and oxygen atoms in total. The van der Waals surface area contributed by atoms with Crippen LogP contribution in [0, 0.1) is 6.92 Å². The number of halogens is 3. The Labute approximate surface area is 139 Å². The van der Waals surface area contributed by atoms with Gasteiger partial charge in [-0.2, -0.15) is 0 Å². The molecule has 0 atom stereocenters. The van der Waals surface area contributed by atoms with E-state index in [4.69, 9.17) is 0 Å². The van der Waals surface area contributed by atoms with Crippen molar-refractivity contribution >= 4 is 28.9 Å². The first-order chi connectivity index (χ1) is 11.2. The zero-order valence-corrected chi connectivity index (χ0v) is 13.4. The standard InChI is InChI=1S/C15H12F3NO4S/c1-8-7-24-12(14(21)22-2)11(8)19-13(20)9-3-5-10(6-4-9)23-15(16,17)18/h3-7H,1-2H3,(H,19,20). The van der Waals surface area contributed by atoms with Crippen molar-refractivity contribution in [3.8, 4) is 5.75 Å². The van der Waals surface area contributed by atoms with Crippen LogP contribution in [0.3, 0.4) is 0 Å². The Morgan fingerprint density at radius 1 is 1.17 bits per heavy atom. The van der Waals surface area contributed by atoms with Gasteiger partial charge in [0, 0.05) is 5.56 Å². The molecule has 0 saturated heterocycles. The van der Waals surface area contributed by atoms with E-state index in [0.29, 0.717) is 11.3 Å². The highest BCUT2D eigenvalue weighted by molar-refractivity contribution is 7.12. The molecule has 0 radical (unpaired) electrons. The van der Waals surface area contributed by atoms with Crippen molar-refractivity contribution < 1.29 is 32.2 Å². The van der Waals surface area contributed by atoms with Gasteiger partial charge in [-0.25, -0.2) is 4.79 Å². The molecule has 1 N–H and O–H groups in total. The predicted octanol–water partition coefficient (Wildman–Crippen LogP) is 3.99. The minimum atomic E-state index is -4.80. The monoisotopic (exact) mass is 359 g/mol. The summed E-state index contributed by atoms with van der Waals surface area (Å²) in [6, 6.07) is 4.44. The van der Waals surface area contributed by atoms with Crippen molar-refractivity contribution in [3.63, 3.8) is 0 Å². The van der Waals surface area contributed by atoms with Gasteiger partial charge in [0.15, 0.2) is 0 Å². The molecule has 0 aliphatic carbocycles. The summed E-state index contributed by atoms with van der Waals surface area (Å²) in [5, 5.41) is 4.25. The van der Waals surface area contributed by atoms with Gasteiger partial charge in [-0.3, -0.25) is 4.79 Å². The zero-order chi connectivity index (χ0) is 17.9. The number of ether oxygens (including phenoxy) is 2. The molecule has 0 saturated carbocycles. The molecule has 0 bridgehead atoms. The molecule has 0 unspecified atom stereocenters. The first kappa shape index (κ1) is 17.8. The van der Waals surface area contributed by atoms with E-state index in [2.05, 4.69) is 14.8 Å². The molecule has 2 aromatic rings. The number of alkyl halides is 3. The number of hydrogen-bond acceptors (Lipinski definition) is 5. The number of hydrogen-bond donors (Lipinski definition) is 1. The van der Waals surface area contributed by atoms with E-state index in [9.17, 15) is 22.8 Å². The van der Waals surface area contributed by atoms with E-state index in [1.54, 1.807) is 12.3 Å². The van der Waals surface area contributed by atoms with Crippen LogP contribution in [0.5, 0.6) is 5.75 Å². The molecular formula is C15H12F3NO4S. The molecule has 1 aromatic heterocycles. The maximum absolute atomic E-state index is 12.2. The second-order valence-electron chi connectivity index (χ2n) is 4.64. The van der Waals surface area contributed by atoms with Crippen LogP contribution in [0.4, 0.5) is 18.9 Å². The highest BCUT2D eigenvalue weighted by Gasteiger charge is 2.31. The van der Waals surface area contributed by atoms with Gasteiger partial charge < -0.3 is 14.8 Å². The Balaban J connectivity index is 2.16. The lowest BCUT2D eigenvalue weighted by atomic mass is 10.2. The molecule has 9 heteroatoms. The lowest BCUT2D eigenvalue weighted by Gasteiger charge is -2.10. The number of aryl methyl sites for hydroxylation is 1. The van der Waals surface area contributed by atoms with Crippen LogP contribution >= 0.6 is 11.3 Å². The van der Waals surface area contributed by atoms with Crippen molar-refractivity contribution in [1.82, 2.24) is 0 Å². The summed E-state index contributed by atoms with van der Waals surface area (Å²) in [6.45, 7) is 1.71. The van der Waals surface area contributed by atoms with Crippen LogP contribution in [0.1, 0.15) is 25.6 Å². The van der Waals surface area contributed by atoms with Crippen LogP contribution in [-0.2, 0) is 4.74 Å². The maximum Gasteiger partial charge on any atom is 0.573 e. The molecular weight excluding hydrogens is 347 g/mol. The zero-order valence-electron chi connectivity index (χ0n) is 12.6. The lowest BCUT2D eigenvalue weighted by molar-refractivity contribution is -0.274. The summed E-state index contributed by atoms with van der Waals surface area (Å²) in [5.74, 6) is -1.58. The molecule has 24 heavy (non-hydrogen) atoms. The van der Waals surface area contributed by atoms with Crippen molar-refractivity contribution in [2.24, 2.45) is 0 Å². The minimum absolute atomic E-state index is 0.117. The maximum atomic E-state index is 12.2. The number of benzene rings is 1. The van der Waals surface area contributed by atoms with Gasteiger partial charge in [-0.1, -0.05) is 0 Å². The fourth-order valence-corrected chi connectivity index (χ4v) is 2.76. The Morgan fingerprint density at radius 3 is 2.33 bits per heavy atom. The second-order valence-corrected chi connectivity index (χ2v) is 5.52. The Morgan fingerprint density at radius 2 is 1.79 bits per heavy atom. The summed E-state index contributed by atoms with van der Waals surface area (Å²) >= 11 is 1.12. The van der Waals surface area contributed by atoms with Gasteiger partial charge in [0.1, 0.15) is 10.6 Å². The number of carbonyl (C=O) groups excluding carboxylic acids is 2. The van der Waals surface area contributed by atoms with E-state index >= 15 is 0 Å². The van der Waals surface area contributed by atoms with Crippen LogP contribution in [-0.4, -0.2) is 25.3 Å². The summed E-state index contributed by atoms with van der Waals surface area (Å²) in [7, 11) is 1.22. The molecule has 0 aliphatic rings. The van der Waals surface area contributed by atoms with Gasteiger partial charge in [0.05, 0.1) is 12.8 Å². The SMILES string of the molecule is COC(=O)c1scc(C)c1NC(=O)c1ccc(OC(F)(F)F)cc1. The van der Waals surface area contributed by atoms with E-state index in [-0.39, 0.29) is 10.4 Å². The van der Waals surface area contributed by atoms with Crippen LogP contribution < -0.4 is 10.1 Å². The summed E-state index contributed by atoms with van der Waals surface area (Å²) < 4.78 is 44.7. The first-order valence-electron chi connectivity index (χ1n) is 6.55. The third kappa shape index (κ3) is 4.25. The number of thiophene rings is 1. The molecule has 2 rings (SSSR count). The lowest BCUT2D eigenvalue weighted by Crippen LogP contribution is -2.17. The van der Waals surface area contributed by atoms with Crippen molar-refractivity contribution in [2.75, 3.05) is 12.4 Å². The minimum Gasteiger partial charge on any atom is -0.465 e. The Hall–Kier alpha value is -2.55. The van der Waals surface area contributed by atoms with Crippen LogP contribution in [0.2, 0.25) is 0 Å². The van der Waals surface area contributed by atoms with Crippen molar-refractivity contribution in [2.45, 2.75) is 13.3 Å². The van der Waals surface area contributed by atoms with Gasteiger partial charge in [-0.05, 0) is 42.1 Å². The van der Waals surface area contributed by atoms with Crippen molar-refractivity contribution in [3.05, 3.63) is 45.6 Å². The molecule has 0 spiro atoms. The molecule has 128 valence electrons. The predicted molar refractivity (Wildman–Crippen MR) is 81.5 cm³/mol. The molecule has 1 aromatic carbocycles. The number of rotatable bonds is 4. The quantitative estimate of drug-likeness (QED) is 0.839. The number of methoxy groups -OCH3 is 1. The van der Waals surface area contributed by atoms with Crippen LogP contribution in [0.25, 0.3) is 0 Å². The average molecular weight is 359 g/mol. The normalized spacial score (nSPS) is 11.0. The number of nitrogens with one attached hydrogen (secondary N) is 1. The molecule has 1 amide bonds. The van der Waals surface area contributed by atoms with E-state index in [1.165, 1.54) is 19.2 Å². The number of carbonyl (C=O) groups is 2. The number of anilines is 1. The summed E-state index contributed by atoms with van der Waals surface area (Å²) in [4.78, 5) is 24.1. The topological polar surface area (TPSA) is 64.6 Å². The van der Waals surface area contributed by atoms with Gasteiger partial charge in [-0.15, -0.1) is 24.5 Å². The smallest absolute Gasteiger partial charge is 0.465 e. The highest BCUT2D eigenvalue weighted by Crippen LogP contribution is 2.29. The largest absolute Gasteiger partial charge is 0.573 e. The first-order valence-corrected chi connectivity index (χ1v) is 7.43. The van der Waals surface area contributed by atoms with E-state index < -0.39 is 24.0 Å². The highest BCUT2D eigenvalue weighted by atomic mass is 32.1. The molecule has 0 fully saturated rings. The van der Waals surface area contributed by atoms with Gasteiger partial charge >= 0.3 is 12.3 Å². The fraction of sp³-hybridized carbons (Fsp3) is 0.200. The summed E-state index contributed by atoms with van der Waals surface area (Å²) in [6.07, 6.45) is -4.80. The Kier molecular flexibility index (Phi) is 5.13. The second kappa shape index (κ2) is 6.91. The van der Waals surface area contributed by atoms with Gasteiger partial charge in [0.2, 0.25) is 0 Å². The van der Waals surface area contributed by atoms with Crippen LogP contribution in [0.15, 0.2) is 29.6 Å². The molecule has 0 aliphatic heterocycles.